The Labute approximate surface area is 101 Å². The van der Waals surface area contributed by atoms with Gasteiger partial charge in [-0.3, -0.25) is 4.98 Å². The summed E-state index contributed by atoms with van der Waals surface area (Å²) in [7, 11) is 0. The van der Waals surface area contributed by atoms with Crippen molar-refractivity contribution in [1.82, 2.24) is 25.1 Å². The Morgan fingerprint density at radius 1 is 1.22 bits per heavy atom. The highest BCUT2D eigenvalue weighted by Gasteiger charge is 2.03. The van der Waals surface area contributed by atoms with Gasteiger partial charge in [0.25, 0.3) is 0 Å². The zero-order valence-electron chi connectivity index (χ0n) is 9.34. The van der Waals surface area contributed by atoms with E-state index in [0.717, 1.165) is 10.9 Å². The second-order valence-electron chi connectivity index (χ2n) is 3.72. The number of aromatic nitrogens is 5. The van der Waals surface area contributed by atoms with Gasteiger partial charge in [0.15, 0.2) is 0 Å². The van der Waals surface area contributed by atoms with E-state index in [1.807, 2.05) is 24.3 Å². The summed E-state index contributed by atoms with van der Waals surface area (Å²) in [4.78, 5) is 21.8. The van der Waals surface area contributed by atoms with E-state index in [0.29, 0.717) is 18.2 Å². The van der Waals surface area contributed by atoms with Crippen molar-refractivity contribution in [3.63, 3.8) is 0 Å². The lowest BCUT2D eigenvalue weighted by atomic mass is 10.2. The summed E-state index contributed by atoms with van der Waals surface area (Å²) in [6, 6.07) is 7.70. The maximum atomic E-state index is 10.9. The first-order valence-electron chi connectivity index (χ1n) is 5.40. The summed E-state index contributed by atoms with van der Waals surface area (Å²) in [5.41, 5.74) is 0.546. The molecule has 0 radical (unpaired) electrons. The highest BCUT2D eigenvalue weighted by atomic mass is 16.1. The molecule has 1 aromatic carbocycles. The van der Waals surface area contributed by atoms with Crippen LogP contribution in [0.4, 0.5) is 5.82 Å². The molecule has 0 atom stereocenters. The second kappa shape index (κ2) is 4.28. The number of para-hydroxylation sites is 1. The van der Waals surface area contributed by atoms with Crippen molar-refractivity contribution in [2.75, 3.05) is 5.32 Å². The van der Waals surface area contributed by atoms with Crippen LogP contribution >= 0.6 is 0 Å². The molecule has 3 N–H and O–H groups in total. The molecule has 18 heavy (non-hydrogen) atoms. The SMILES string of the molecule is O=c1[nH]nc(CNc2ncnc3ccccc23)[nH]1. The quantitative estimate of drug-likeness (QED) is 0.626. The van der Waals surface area contributed by atoms with Crippen LogP contribution in [0.3, 0.4) is 0 Å². The minimum atomic E-state index is -0.320. The Bertz CT molecular complexity index is 726. The largest absolute Gasteiger partial charge is 0.362 e. The average Bonchev–Trinajstić information content (AvgIpc) is 2.82. The first-order valence-corrected chi connectivity index (χ1v) is 5.40. The Hall–Kier alpha value is -2.70. The average molecular weight is 242 g/mol. The topological polar surface area (TPSA) is 99.3 Å². The molecule has 0 unspecified atom stereocenters. The number of H-pyrrole nitrogens is 2. The normalized spacial score (nSPS) is 10.7. The molecule has 0 aliphatic rings. The van der Waals surface area contributed by atoms with Crippen molar-refractivity contribution in [1.29, 1.82) is 0 Å². The molecule has 3 rings (SSSR count). The molecule has 2 aromatic heterocycles. The summed E-state index contributed by atoms with van der Waals surface area (Å²) in [6.45, 7) is 0.389. The van der Waals surface area contributed by atoms with Crippen molar-refractivity contribution in [2.45, 2.75) is 6.54 Å². The molecule has 7 heteroatoms. The van der Waals surface area contributed by atoms with Gasteiger partial charge in [0, 0.05) is 5.39 Å². The van der Waals surface area contributed by atoms with Gasteiger partial charge in [0.1, 0.15) is 18.0 Å². The summed E-state index contributed by atoms with van der Waals surface area (Å²) in [5.74, 6) is 1.24. The minimum absolute atomic E-state index is 0.320. The van der Waals surface area contributed by atoms with Crippen LogP contribution in [0, 0.1) is 0 Å². The maximum absolute atomic E-state index is 10.9. The molecule has 0 saturated carbocycles. The zero-order valence-corrected chi connectivity index (χ0v) is 9.34. The van der Waals surface area contributed by atoms with Gasteiger partial charge >= 0.3 is 5.69 Å². The summed E-state index contributed by atoms with van der Waals surface area (Å²) in [5, 5.41) is 10.2. The maximum Gasteiger partial charge on any atom is 0.340 e. The predicted molar refractivity (Wildman–Crippen MR) is 66.1 cm³/mol. The minimum Gasteiger partial charge on any atom is -0.362 e. The van der Waals surface area contributed by atoms with Crippen LogP contribution in [0.25, 0.3) is 10.9 Å². The molecule has 0 saturated heterocycles. The lowest BCUT2D eigenvalue weighted by molar-refractivity contribution is 0.947. The van der Waals surface area contributed by atoms with E-state index in [4.69, 9.17) is 0 Å². The number of rotatable bonds is 3. The Balaban J connectivity index is 1.88. The molecule has 0 spiro atoms. The van der Waals surface area contributed by atoms with Gasteiger partial charge in [0.05, 0.1) is 12.1 Å². The van der Waals surface area contributed by atoms with Crippen molar-refractivity contribution in [3.05, 3.63) is 46.9 Å². The van der Waals surface area contributed by atoms with Crippen molar-refractivity contribution in [3.8, 4) is 0 Å². The van der Waals surface area contributed by atoms with Crippen molar-refractivity contribution in [2.24, 2.45) is 0 Å². The van der Waals surface area contributed by atoms with Crippen molar-refractivity contribution >= 4 is 16.7 Å². The smallest absolute Gasteiger partial charge is 0.340 e. The molecular formula is C11H10N6O. The summed E-state index contributed by atoms with van der Waals surface area (Å²) >= 11 is 0. The molecule has 7 nitrogen and oxygen atoms in total. The molecule has 0 fully saturated rings. The second-order valence-corrected chi connectivity index (χ2v) is 3.72. The Kier molecular flexibility index (Phi) is 2.49. The lowest BCUT2D eigenvalue weighted by Gasteiger charge is -2.05. The number of aromatic amines is 2. The molecule has 3 aromatic rings. The van der Waals surface area contributed by atoms with Crippen LogP contribution in [0.15, 0.2) is 35.4 Å². The molecule has 2 heterocycles. The molecule has 0 aliphatic heterocycles. The van der Waals surface area contributed by atoms with Gasteiger partial charge in [-0.05, 0) is 12.1 Å². The highest BCUT2D eigenvalue weighted by Crippen LogP contribution is 2.18. The van der Waals surface area contributed by atoms with Gasteiger partial charge in [-0.25, -0.2) is 19.9 Å². The number of anilines is 1. The zero-order chi connectivity index (χ0) is 12.4. The van der Waals surface area contributed by atoms with E-state index in [9.17, 15) is 4.79 Å². The first-order chi connectivity index (χ1) is 8.83. The Morgan fingerprint density at radius 3 is 2.94 bits per heavy atom. The van der Waals surface area contributed by atoms with E-state index >= 15 is 0 Å². The van der Waals surface area contributed by atoms with Gasteiger partial charge in [-0.2, -0.15) is 5.10 Å². The van der Waals surface area contributed by atoms with Gasteiger partial charge in [0.2, 0.25) is 0 Å². The molecule has 0 amide bonds. The van der Waals surface area contributed by atoms with Crippen LogP contribution in [0.2, 0.25) is 0 Å². The fourth-order valence-electron chi connectivity index (χ4n) is 1.70. The van der Waals surface area contributed by atoms with E-state index < -0.39 is 0 Å². The van der Waals surface area contributed by atoms with E-state index in [-0.39, 0.29) is 5.69 Å². The van der Waals surface area contributed by atoms with E-state index in [2.05, 4.69) is 30.5 Å². The summed E-state index contributed by atoms with van der Waals surface area (Å²) < 4.78 is 0. The van der Waals surface area contributed by atoms with Crippen LogP contribution in [0.1, 0.15) is 5.82 Å². The van der Waals surface area contributed by atoms with Crippen molar-refractivity contribution < 1.29 is 0 Å². The monoisotopic (exact) mass is 242 g/mol. The number of nitrogens with zero attached hydrogens (tertiary/aromatic N) is 3. The van der Waals surface area contributed by atoms with Crippen LogP contribution in [0.5, 0.6) is 0 Å². The molecule has 0 aliphatic carbocycles. The number of benzene rings is 1. The summed E-state index contributed by atoms with van der Waals surface area (Å²) in [6.07, 6.45) is 1.50. The number of fused-ring (bicyclic) bond motifs is 1. The third-order valence-corrected chi connectivity index (χ3v) is 2.52. The van der Waals surface area contributed by atoms with E-state index in [1.54, 1.807) is 0 Å². The molecule has 0 bridgehead atoms. The lowest BCUT2D eigenvalue weighted by Crippen LogP contribution is -2.06. The van der Waals surface area contributed by atoms with Crippen LogP contribution < -0.4 is 11.0 Å². The molecular weight excluding hydrogens is 232 g/mol. The van der Waals surface area contributed by atoms with E-state index in [1.165, 1.54) is 6.33 Å². The van der Waals surface area contributed by atoms with Gasteiger partial charge in [-0.15, -0.1) is 0 Å². The fraction of sp³-hybridized carbons (Fsp3) is 0.0909. The number of hydrogen-bond donors (Lipinski definition) is 3. The fourth-order valence-corrected chi connectivity index (χ4v) is 1.70. The third-order valence-electron chi connectivity index (χ3n) is 2.52. The Morgan fingerprint density at radius 2 is 2.11 bits per heavy atom. The highest BCUT2D eigenvalue weighted by molar-refractivity contribution is 5.88. The third kappa shape index (κ3) is 1.93. The van der Waals surface area contributed by atoms with Gasteiger partial charge < -0.3 is 5.32 Å². The number of nitrogens with one attached hydrogen (secondary N) is 3. The van der Waals surface area contributed by atoms with Gasteiger partial charge in [-0.1, -0.05) is 12.1 Å². The standard InChI is InChI=1S/C11H10N6O/c18-11-15-9(16-17-11)5-12-10-7-3-1-2-4-8(7)13-6-14-10/h1-4,6H,5H2,(H,12,13,14)(H2,15,16,17,18). The number of hydrogen-bond acceptors (Lipinski definition) is 5. The predicted octanol–water partition coefficient (Wildman–Crippen LogP) is 0.653. The van der Waals surface area contributed by atoms with Crippen LogP contribution in [-0.4, -0.2) is 25.1 Å². The van der Waals surface area contributed by atoms with Crippen LogP contribution in [-0.2, 0) is 6.54 Å². The first kappa shape index (κ1) is 10.5. The molecule has 90 valence electrons.